The number of hydrazine groups is 1. The van der Waals surface area contributed by atoms with Crippen LogP contribution in [0.5, 0.6) is 0 Å². The van der Waals surface area contributed by atoms with Crippen molar-refractivity contribution in [3.05, 3.63) is 52.6 Å². The van der Waals surface area contributed by atoms with Gasteiger partial charge in [0.2, 0.25) is 0 Å². The highest BCUT2D eigenvalue weighted by molar-refractivity contribution is 5.38. The van der Waals surface area contributed by atoms with Gasteiger partial charge >= 0.3 is 0 Å². The van der Waals surface area contributed by atoms with Crippen molar-refractivity contribution < 1.29 is 0 Å². The third-order valence-corrected chi connectivity index (χ3v) is 3.53. The highest BCUT2D eigenvalue weighted by atomic mass is 15.2. The number of nitrogens with one attached hydrogen (secondary N) is 1. The molecule has 4 nitrogen and oxygen atoms in total. The van der Waals surface area contributed by atoms with Crippen LogP contribution in [-0.2, 0) is 13.5 Å². The molecule has 0 saturated carbocycles. The predicted octanol–water partition coefficient (Wildman–Crippen LogP) is 2.09. The van der Waals surface area contributed by atoms with Gasteiger partial charge in [0, 0.05) is 13.2 Å². The molecule has 102 valence electrons. The molecule has 0 aliphatic rings. The van der Waals surface area contributed by atoms with Gasteiger partial charge in [-0.25, -0.2) is 4.98 Å². The van der Waals surface area contributed by atoms with E-state index in [4.69, 9.17) is 5.84 Å². The number of hydrogen-bond acceptors (Lipinski definition) is 3. The second kappa shape index (κ2) is 5.55. The summed E-state index contributed by atoms with van der Waals surface area (Å²) in [7, 11) is 1.96. The molecule has 2 rings (SSSR count). The van der Waals surface area contributed by atoms with Crippen LogP contribution >= 0.6 is 0 Å². The summed E-state index contributed by atoms with van der Waals surface area (Å²) in [4.78, 5) is 4.38. The average Bonchev–Trinajstić information content (AvgIpc) is 2.75. The molecule has 0 fully saturated rings. The van der Waals surface area contributed by atoms with Crippen molar-refractivity contribution in [1.82, 2.24) is 15.0 Å². The maximum Gasteiger partial charge on any atom is 0.0947 e. The van der Waals surface area contributed by atoms with Gasteiger partial charge in [0.05, 0.1) is 18.1 Å². The Kier molecular flexibility index (Phi) is 4.02. The van der Waals surface area contributed by atoms with Gasteiger partial charge in [0.1, 0.15) is 0 Å². The number of benzene rings is 1. The van der Waals surface area contributed by atoms with Gasteiger partial charge in [0.15, 0.2) is 0 Å². The molecule has 2 aromatic rings. The quantitative estimate of drug-likeness (QED) is 0.652. The normalized spacial score (nSPS) is 12.7. The van der Waals surface area contributed by atoms with Crippen LogP contribution in [0.4, 0.5) is 0 Å². The molecule has 1 unspecified atom stereocenters. The maximum absolute atomic E-state index is 5.69. The average molecular weight is 258 g/mol. The largest absolute Gasteiger partial charge is 0.340 e. The Morgan fingerprint density at radius 3 is 2.37 bits per heavy atom. The Labute approximate surface area is 114 Å². The summed E-state index contributed by atoms with van der Waals surface area (Å²) < 4.78 is 1.94. The summed E-state index contributed by atoms with van der Waals surface area (Å²) in [6, 6.07) is 4.48. The van der Waals surface area contributed by atoms with Gasteiger partial charge in [-0.15, -0.1) is 0 Å². The van der Waals surface area contributed by atoms with Gasteiger partial charge in [-0.3, -0.25) is 11.3 Å². The fourth-order valence-corrected chi connectivity index (χ4v) is 2.60. The van der Waals surface area contributed by atoms with Gasteiger partial charge < -0.3 is 4.57 Å². The number of aryl methyl sites for hydroxylation is 4. The van der Waals surface area contributed by atoms with Crippen LogP contribution in [0.15, 0.2) is 24.7 Å². The van der Waals surface area contributed by atoms with Crippen LogP contribution in [0.3, 0.4) is 0 Å². The molecule has 0 bridgehead atoms. The van der Waals surface area contributed by atoms with Gasteiger partial charge in [0.25, 0.3) is 0 Å². The monoisotopic (exact) mass is 258 g/mol. The van der Waals surface area contributed by atoms with Crippen LogP contribution in [0, 0.1) is 20.8 Å². The van der Waals surface area contributed by atoms with Crippen molar-refractivity contribution in [2.45, 2.75) is 33.2 Å². The van der Waals surface area contributed by atoms with Crippen LogP contribution in [-0.4, -0.2) is 9.55 Å². The minimum Gasteiger partial charge on any atom is -0.340 e. The molecule has 0 aliphatic heterocycles. The van der Waals surface area contributed by atoms with Crippen LogP contribution in [0.25, 0.3) is 0 Å². The molecule has 0 spiro atoms. The molecule has 1 aromatic carbocycles. The molecule has 0 amide bonds. The van der Waals surface area contributed by atoms with Gasteiger partial charge in [-0.2, -0.15) is 0 Å². The first-order valence-corrected chi connectivity index (χ1v) is 6.52. The molecule has 0 radical (unpaired) electrons. The van der Waals surface area contributed by atoms with Crippen LogP contribution in [0.2, 0.25) is 0 Å². The summed E-state index contributed by atoms with van der Waals surface area (Å²) in [5.74, 6) is 5.69. The van der Waals surface area contributed by atoms with Crippen molar-refractivity contribution in [3.63, 3.8) is 0 Å². The van der Waals surface area contributed by atoms with E-state index in [2.05, 4.69) is 43.3 Å². The number of hydrogen-bond donors (Lipinski definition) is 2. The Balaban J connectivity index is 2.28. The van der Waals surface area contributed by atoms with E-state index in [1.54, 1.807) is 6.33 Å². The summed E-state index contributed by atoms with van der Waals surface area (Å²) in [6.45, 7) is 6.43. The predicted molar refractivity (Wildman–Crippen MR) is 77.6 cm³/mol. The summed E-state index contributed by atoms with van der Waals surface area (Å²) in [5.41, 5.74) is 9.12. The van der Waals surface area contributed by atoms with E-state index >= 15 is 0 Å². The molecule has 19 heavy (non-hydrogen) atoms. The van der Waals surface area contributed by atoms with Crippen LogP contribution in [0.1, 0.15) is 34.0 Å². The zero-order chi connectivity index (χ0) is 14.0. The lowest BCUT2D eigenvalue weighted by molar-refractivity contribution is 0.538. The minimum atomic E-state index is 0.0429. The topological polar surface area (TPSA) is 55.9 Å². The van der Waals surface area contributed by atoms with Crippen molar-refractivity contribution in [2.75, 3.05) is 0 Å². The zero-order valence-corrected chi connectivity index (χ0v) is 12.1. The summed E-state index contributed by atoms with van der Waals surface area (Å²) in [6.07, 6.45) is 4.66. The lowest BCUT2D eigenvalue weighted by Gasteiger charge is -2.17. The molecular weight excluding hydrogens is 236 g/mol. The molecule has 4 heteroatoms. The smallest absolute Gasteiger partial charge is 0.0947 e. The van der Waals surface area contributed by atoms with Crippen molar-refractivity contribution in [1.29, 1.82) is 0 Å². The number of nitrogens with two attached hydrogens (primary N) is 1. The van der Waals surface area contributed by atoms with Crippen LogP contribution < -0.4 is 11.3 Å². The Bertz CT molecular complexity index is 548. The summed E-state index contributed by atoms with van der Waals surface area (Å²) >= 11 is 0. The Morgan fingerprint density at radius 2 is 1.89 bits per heavy atom. The van der Waals surface area contributed by atoms with Crippen molar-refractivity contribution in [2.24, 2.45) is 12.9 Å². The fourth-order valence-electron chi connectivity index (χ4n) is 2.60. The molecule has 1 atom stereocenters. The highest BCUT2D eigenvalue weighted by Crippen LogP contribution is 2.22. The van der Waals surface area contributed by atoms with E-state index < -0.39 is 0 Å². The van der Waals surface area contributed by atoms with E-state index in [9.17, 15) is 0 Å². The van der Waals surface area contributed by atoms with E-state index in [0.717, 1.165) is 12.1 Å². The van der Waals surface area contributed by atoms with E-state index in [1.165, 1.54) is 22.3 Å². The Hall–Kier alpha value is -1.65. The standard InChI is InChI=1S/C15H22N4/c1-10-5-11(2)13(12(3)6-10)7-14(18-16)15-8-19(4)9-17-15/h5-6,8-9,14,18H,7,16H2,1-4H3. The third kappa shape index (κ3) is 3.03. The molecule has 1 aromatic heterocycles. The highest BCUT2D eigenvalue weighted by Gasteiger charge is 2.15. The molecule has 1 heterocycles. The lowest BCUT2D eigenvalue weighted by Crippen LogP contribution is -2.30. The molecule has 0 aliphatic carbocycles. The van der Waals surface area contributed by atoms with E-state index in [0.29, 0.717) is 0 Å². The lowest BCUT2D eigenvalue weighted by atomic mass is 9.94. The fraction of sp³-hybridized carbons (Fsp3) is 0.400. The van der Waals surface area contributed by atoms with Gasteiger partial charge in [-0.1, -0.05) is 17.7 Å². The molecule has 0 saturated heterocycles. The van der Waals surface area contributed by atoms with Gasteiger partial charge in [-0.05, 0) is 43.9 Å². The first-order valence-electron chi connectivity index (χ1n) is 6.52. The second-order valence-corrected chi connectivity index (χ2v) is 5.26. The van der Waals surface area contributed by atoms with Crippen molar-refractivity contribution in [3.8, 4) is 0 Å². The first-order chi connectivity index (χ1) is 9.01. The molecule has 3 N–H and O–H groups in total. The molecular formula is C15H22N4. The number of aromatic nitrogens is 2. The number of imidazole rings is 1. The number of nitrogens with zero attached hydrogens (tertiary/aromatic N) is 2. The van der Waals surface area contributed by atoms with E-state index in [1.807, 2.05) is 17.8 Å². The number of rotatable bonds is 4. The first kappa shape index (κ1) is 13.8. The summed E-state index contributed by atoms with van der Waals surface area (Å²) in [5, 5.41) is 0. The third-order valence-electron chi connectivity index (χ3n) is 3.53. The maximum atomic E-state index is 5.69. The second-order valence-electron chi connectivity index (χ2n) is 5.26. The van der Waals surface area contributed by atoms with Crippen molar-refractivity contribution >= 4 is 0 Å². The SMILES string of the molecule is Cc1cc(C)c(CC(NN)c2cn(C)cn2)c(C)c1. The zero-order valence-electron chi connectivity index (χ0n) is 12.1. The Morgan fingerprint density at radius 1 is 1.26 bits per heavy atom. The van der Waals surface area contributed by atoms with E-state index in [-0.39, 0.29) is 6.04 Å². The minimum absolute atomic E-state index is 0.0429.